The van der Waals surface area contributed by atoms with Crippen LogP contribution in [0.5, 0.6) is 0 Å². The van der Waals surface area contributed by atoms with Gasteiger partial charge in [-0.05, 0) is 31.1 Å². The molecule has 1 aliphatic heterocycles. The lowest BCUT2D eigenvalue weighted by Gasteiger charge is -2.36. The number of carbonyl (C=O) groups is 1. The van der Waals surface area contributed by atoms with Crippen molar-refractivity contribution in [3.8, 4) is 0 Å². The molecule has 0 unspecified atom stereocenters. The molecule has 0 radical (unpaired) electrons. The average molecular weight is 390 g/mol. The molecule has 2 rings (SSSR count). The van der Waals surface area contributed by atoms with Gasteiger partial charge in [-0.15, -0.1) is 0 Å². The molecule has 1 amide bonds. The first-order valence-electron chi connectivity index (χ1n) is 10.3. The number of nitrogens with one attached hydrogen (secondary N) is 1. The van der Waals surface area contributed by atoms with E-state index >= 15 is 0 Å². The Labute approximate surface area is 169 Å². The highest BCUT2D eigenvalue weighted by atomic mass is 16.6. The Morgan fingerprint density at radius 2 is 1.68 bits per heavy atom. The number of piperazine rings is 1. The maximum absolute atomic E-state index is 11.9. The number of ether oxygens (including phenoxy) is 1. The van der Waals surface area contributed by atoms with E-state index in [1.54, 1.807) is 4.90 Å². The third kappa shape index (κ3) is 6.12. The SMILES string of the molecule is CCOC(=O)N1CCN(C(=NC)NCc2ccccc2CN(CC)CC)CC1. The van der Waals surface area contributed by atoms with Crippen LogP contribution < -0.4 is 5.32 Å². The van der Waals surface area contributed by atoms with Gasteiger partial charge < -0.3 is 19.9 Å². The smallest absolute Gasteiger partial charge is 0.409 e. The zero-order valence-corrected chi connectivity index (χ0v) is 17.8. The Balaban J connectivity index is 1.92. The molecule has 7 heteroatoms. The van der Waals surface area contributed by atoms with Crippen molar-refractivity contribution < 1.29 is 9.53 Å². The first-order valence-corrected chi connectivity index (χ1v) is 10.3. The monoisotopic (exact) mass is 389 g/mol. The molecule has 0 aromatic heterocycles. The van der Waals surface area contributed by atoms with Crippen LogP contribution in [0, 0.1) is 0 Å². The van der Waals surface area contributed by atoms with Gasteiger partial charge in [-0.1, -0.05) is 38.1 Å². The molecule has 0 spiro atoms. The molecule has 1 aliphatic rings. The van der Waals surface area contributed by atoms with Gasteiger partial charge in [0.1, 0.15) is 0 Å². The number of rotatable bonds is 7. The fourth-order valence-corrected chi connectivity index (χ4v) is 3.39. The van der Waals surface area contributed by atoms with Gasteiger partial charge in [0.05, 0.1) is 6.61 Å². The molecule has 1 N–H and O–H groups in total. The number of carbonyl (C=O) groups excluding carboxylic acids is 1. The Hall–Kier alpha value is -2.28. The number of amides is 1. The standard InChI is InChI=1S/C21H35N5O2/c1-5-24(6-2)17-19-11-9-8-10-18(19)16-23-20(22-4)25-12-14-26(15-13-25)21(27)28-7-3/h8-11H,5-7,12-17H2,1-4H3,(H,22,23). The molecule has 156 valence electrons. The molecule has 0 aliphatic carbocycles. The highest BCUT2D eigenvalue weighted by molar-refractivity contribution is 5.80. The lowest BCUT2D eigenvalue weighted by Crippen LogP contribution is -2.53. The molecule has 1 fully saturated rings. The second-order valence-corrected chi connectivity index (χ2v) is 6.80. The van der Waals surface area contributed by atoms with Crippen LogP contribution >= 0.6 is 0 Å². The quantitative estimate of drug-likeness (QED) is 0.573. The second-order valence-electron chi connectivity index (χ2n) is 6.80. The minimum Gasteiger partial charge on any atom is -0.450 e. The predicted octanol–water partition coefficient (Wildman–Crippen LogP) is 2.38. The van der Waals surface area contributed by atoms with Crippen molar-refractivity contribution in [2.75, 3.05) is 52.9 Å². The van der Waals surface area contributed by atoms with E-state index < -0.39 is 0 Å². The van der Waals surface area contributed by atoms with Crippen LogP contribution in [-0.4, -0.2) is 79.7 Å². The van der Waals surface area contributed by atoms with Crippen LogP contribution in [0.2, 0.25) is 0 Å². The molecule has 0 atom stereocenters. The van der Waals surface area contributed by atoms with Crippen LogP contribution in [0.1, 0.15) is 31.9 Å². The number of aliphatic imine (C=N–C) groups is 1. The highest BCUT2D eigenvalue weighted by Gasteiger charge is 2.23. The molecule has 1 saturated heterocycles. The summed E-state index contributed by atoms with van der Waals surface area (Å²) in [7, 11) is 1.81. The third-order valence-corrected chi connectivity index (χ3v) is 5.16. The van der Waals surface area contributed by atoms with E-state index in [2.05, 4.69) is 58.2 Å². The summed E-state index contributed by atoms with van der Waals surface area (Å²) >= 11 is 0. The molecule has 1 heterocycles. The van der Waals surface area contributed by atoms with Gasteiger partial charge >= 0.3 is 6.09 Å². The summed E-state index contributed by atoms with van der Waals surface area (Å²) in [6, 6.07) is 8.57. The normalized spacial score (nSPS) is 15.1. The molecule has 0 bridgehead atoms. The van der Waals surface area contributed by atoms with E-state index in [4.69, 9.17) is 4.74 Å². The van der Waals surface area contributed by atoms with Gasteiger partial charge in [-0.25, -0.2) is 4.79 Å². The van der Waals surface area contributed by atoms with Gasteiger partial charge in [0.2, 0.25) is 0 Å². The first kappa shape index (κ1) is 22.0. The lowest BCUT2D eigenvalue weighted by atomic mass is 10.1. The van der Waals surface area contributed by atoms with Crippen molar-refractivity contribution in [3.63, 3.8) is 0 Å². The number of benzene rings is 1. The summed E-state index contributed by atoms with van der Waals surface area (Å²) in [5.41, 5.74) is 2.64. The van der Waals surface area contributed by atoms with Crippen LogP contribution in [0.25, 0.3) is 0 Å². The maximum atomic E-state index is 11.9. The predicted molar refractivity (Wildman–Crippen MR) is 113 cm³/mol. The van der Waals surface area contributed by atoms with E-state index in [9.17, 15) is 4.79 Å². The molecule has 28 heavy (non-hydrogen) atoms. The fourth-order valence-electron chi connectivity index (χ4n) is 3.39. The fraction of sp³-hybridized carbons (Fsp3) is 0.619. The van der Waals surface area contributed by atoms with Crippen LogP contribution in [-0.2, 0) is 17.8 Å². The largest absolute Gasteiger partial charge is 0.450 e. The number of nitrogens with zero attached hydrogens (tertiary/aromatic N) is 4. The summed E-state index contributed by atoms with van der Waals surface area (Å²) in [5, 5.41) is 3.50. The van der Waals surface area contributed by atoms with Gasteiger partial charge in [-0.3, -0.25) is 9.89 Å². The van der Waals surface area contributed by atoms with Gasteiger partial charge in [0.25, 0.3) is 0 Å². The minimum absolute atomic E-state index is 0.226. The lowest BCUT2D eigenvalue weighted by molar-refractivity contribution is 0.0914. The Morgan fingerprint density at radius 3 is 2.25 bits per heavy atom. The van der Waals surface area contributed by atoms with Gasteiger partial charge in [-0.2, -0.15) is 0 Å². The zero-order chi connectivity index (χ0) is 20.4. The third-order valence-electron chi connectivity index (χ3n) is 5.16. The van der Waals surface area contributed by atoms with Crippen molar-refractivity contribution in [2.24, 2.45) is 4.99 Å². The first-order chi connectivity index (χ1) is 13.6. The van der Waals surface area contributed by atoms with Crippen molar-refractivity contribution in [1.29, 1.82) is 0 Å². The van der Waals surface area contributed by atoms with Crippen molar-refractivity contribution in [3.05, 3.63) is 35.4 Å². The Bertz CT molecular complexity index is 637. The van der Waals surface area contributed by atoms with Crippen LogP contribution in [0.4, 0.5) is 4.79 Å². The Morgan fingerprint density at radius 1 is 1.07 bits per heavy atom. The summed E-state index contributed by atoms with van der Waals surface area (Å²) in [6.07, 6.45) is -0.226. The van der Waals surface area contributed by atoms with E-state index in [0.717, 1.165) is 45.2 Å². The van der Waals surface area contributed by atoms with E-state index in [1.807, 2.05) is 14.0 Å². The molecular weight excluding hydrogens is 354 g/mol. The molecule has 1 aromatic carbocycles. The number of hydrogen-bond acceptors (Lipinski definition) is 4. The zero-order valence-electron chi connectivity index (χ0n) is 17.8. The van der Waals surface area contributed by atoms with Gasteiger partial charge in [0, 0.05) is 46.3 Å². The van der Waals surface area contributed by atoms with E-state index in [-0.39, 0.29) is 6.09 Å². The second kappa shape index (κ2) is 11.5. The number of guanidine groups is 1. The van der Waals surface area contributed by atoms with E-state index in [0.29, 0.717) is 19.7 Å². The topological polar surface area (TPSA) is 60.4 Å². The Kier molecular flexibility index (Phi) is 9.07. The van der Waals surface area contributed by atoms with Crippen LogP contribution in [0.3, 0.4) is 0 Å². The number of hydrogen-bond donors (Lipinski definition) is 1. The summed E-state index contributed by atoms with van der Waals surface area (Å²) in [5.74, 6) is 0.876. The molecule has 0 saturated carbocycles. The van der Waals surface area contributed by atoms with Crippen molar-refractivity contribution in [2.45, 2.75) is 33.9 Å². The molecule has 7 nitrogen and oxygen atoms in total. The van der Waals surface area contributed by atoms with Crippen molar-refractivity contribution >= 4 is 12.1 Å². The summed E-state index contributed by atoms with van der Waals surface area (Å²) < 4.78 is 5.09. The summed E-state index contributed by atoms with van der Waals surface area (Å²) in [4.78, 5) is 22.7. The highest BCUT2D eigenvalue weighted by Crippen LogP contribution is 2.12. The minimum atomic E-state index is -0.226. The maximum Gasteiger partial charge on any atom is 0.409 e. The molecule has 1 aromatic rings. The summed E-state index contributed by atoms with van der Waals surface area (Å²) in [6.45, 7) is 13.2. The van der Waals surface area contributed by atoms with Gasteiger partial charge in [0.15, 0.2) is 5.96 Å². The molecular formula is C21H35N5O2. The van der Waals surface area contributed by atoms with E-state index in [1.165, 1.54) is 11.1 Å². The van der Waals surface area contributed by atoms with Crippen LogP contribution in [0.15, 0.2) is 29.3 Å². The van der Waals surface area contributed by atoms with Crippen molar-refractivity contribution in [1.82, 2.24) is 20.0 Å². The average Bonchev–Trinajstić information content (AvgIpc) is 2.74.